The maximum absolute atomic E-state index is 13.9. The molecule has 0 saturated heterocycles. The van der Waals surface area contributed by atoms with Crippen LogP contribution in [0.1, 0.15) is 34.8 Å². The number of carbonyl (C=O) groups excluding carboxylic acids is 1. The first kappa shape index (κ1) is 22.4. The lowest BCUT2D eigenvalue weighted by atomic mass is 10.2. The molecule has 2 heterocycles. The highest BCUT2D eigenvalue weighted by Gasteiger charge is 2.15. The zero-order valence-electron chi connectivity index (χ0n) is 18.4. The first-order valence-electron chi connectivity index (χ1n) is 10.6. The molecule has 0 aliphatic heterocycles. The highest BCUT2D eigenvalue weighted by Crippen LogP contribution is 2.24. The van der Waals surface area contributed by atoms with E-state index in [4.69, 9.17) is 4.42 Å². The van der Waals surface area contributed by atoms with E-state index in [9.17, 15) is 13.6 Å². The van der Waals surface area contributed by atoms with Crippen LogP contribution in [0.4, 0.5) is 8.78 Å². The number of aryl methyl sites for hydroxylation is 2. The minimum atomic E-state index is -0.728. The maximum Gasteiger partial charge on any atom is 0.220 e. The van der Waals surface area contributed by atoms with E-state index in [2.05, 4.69) is 27.5 Å². The van der Waals surface area contributed by atoms with Crippen LogP contribution in [0, 0.1) is 25.5 Å². The fourth-order valence-corrected chi connectivity index (χ4v) is 3.64. The molecule has 170 valence electrons. The smallest absolute Gasteiger partial charge is 0.220 e. The number of hydrogen-bond donors (Lipinski definition) is 1. The van der Waals surface area contributed by atoms with Gasteiger partial charge in [0, 0.05) is 36.7 Å². The predicted molar refractivity (Wildman–Crippen MR) is 119 cm³/mol. The van der Waals surface area contributed by atoms with E-state index in [1.54, 1.807) is 0 Å². The Balaban J connectivity index is 1.32. The standard InChI is InChI=1S/C25H24F2N4O2/c1-16-21(17(2)31(30-16)15-18-6-4-3-5-7-18)13-28-24(32)10-11-25-29-14-23(33-25)20-9-8-19(26)12-22(20)27/h3-9,12,14H,10-11,13,15H2,1-2H3,(H,28,32). The summed E-state index contributed by atoms with van der Waals surface area (Å²) in [6.45, 7) is 4.97. The van der Waals surface area contributed by atoms with Crippen LogP contribution in [-0.2, 0) is 24.3 Å². The summed E-state index contributed by atoms with van der Waals surface area (Å²) >= 11 is 0. The zero-order chi connectivity index (χ0) is 23.4. The van der Waals surface area contributed by atoms with Gasteiger partial charge in [-0.2, -0.15) is 5.10 Å². The summed E-state index contributed by atoms with van der Waals surface area (Å²) in [6, 6.07) is 13.3. The van der Waals surface area contributed by atoms with Gasteiger partial charge in [-0.15, -0.1) is 0 Å². The lowest BCUT2D eigenvalue weighted by Crippen LogP contribution is -2.23. The molecule has 1 amide bonds. The third-order valence-electron chi connectivity index (χ3n) is 5.48. The number of halogens is 2. The Bertz CT molecular complexity index is 1260. The molecule has 4 rings (SSSR count). The number of oxazole rings is 1. The molecule has 0 atom stereocenters. The second-order valence-electron chi connectivity index (χ2n) is 7.81. The SMILES string of the molecule is Cc1nn(Cc2ccccc2)c(C)c1CNC(=O)CCc1ncc(-c2ccc(F)cc2F)o1. The Morgan fingerprint density at radius 3 is 2.67 bits per heavy atom. The molecular weight excluding hydrogens is 426 g/mol. The van der Waals surface area contributed by atoms with Crippen LogP contribution in [0.2, 0.25) is 0 Å². The quantitative estimate of drug-likeness (QED) is 0.421. The van der Waals surface area contributed by atoms with Crippen molar-refractivity contribution in [1.82, 2.24) is 20.1 Å². The van der Waals surface area contributed by atoms with E-state index in [-0.39, 0.29) is 30.1 Å². The third kappa shape index (κ3) is 5.34. The van der Waals surface area contributed by atoms with Crippen LogP contribution in [0.3, 0.4) is 0 Å². The van der Waals surface area contributed by atoms with E-state index in [0.29, 0.717) is 19.0 Å². The van der Waals surface area contributed by atoms with Gasteiger partial charge < -0.3 is 9.73 Å². The zero-order valence-corrected chi connectivity index (χ0v) is 18.4. The minimum Gasteiger partial charge on any atom is -0.441 e. The van der Waals surface area contributed by atoms with Gasteiger partial charge in [0.2, 0.25) is 5.91 Å². The van der Waals surface area contributed by atoms with Gasteiger partial charge in [0.25, 0.3) is 0 Å². The molecule has 6 nitrogen and oxygen atoms in total. The summed E-state index contributed by atoms with van der Waals surface area (Å²) in [5.74, 6) is -1.04. The van der Waals surface area contributed by atoms with Crippen LogP contribution >= 0.6 is 0 Å². The molecule has 33 heavy (non-hydrogen) atoms. The lowest BCUT2D eigenvalue weighted by molar-refractivity contribution is -0.121. The second-order valence-corrected chi connectivity index (χ2v) is 7.81. The van der Waals surface area contributed by atoms with Crippen LogP contribution in [0.5, 0.6) is 0 Å². The Morgan fingerprint density at radius 2 is 1.91 bits per heavy atom. The number of aromatic nitrogens is 3. The molecule has 0 fully saturated rings. The van der Waals surface area contributed by atoms with Gasteiger partial charge in [-0.3, -0.25) is 9.48 Å². The Kier molecular flexibility index (Phi) is 6.63. The fourth-order valence-electron chi connectivity index (χ4n) is 3.64. The summed E-state index contributed by atoms with van der Waals surface area (Å²) in [4.78, 5) is 16.5. The maximum atomic E-state index is 13.9. The molecule has 1 N–H and O–H groups in total. The van der Waals surface area contributed by atoms with E-state index >= 15 is 0 Å². The topological polar surface area (TPSA) is 73.0 Å². The van der Waals surface area contributed by atoms with Crippen LogP contribution < -0.4 is 5.32 Å². The largest absolute Gasteiger partial charge is 0.441 e. The first-order chi connectivity index (χ1) is 15.9. The summed E-state index contributed by atoms with van der Waals surface area (Å²) in [6.07, 6.45) is 1.80. The number of hydrogen-bond acceptors (Lipinski definition) is 4. The fraction of sp³-hybridized carbons (Fsp3) is 0.240. The lowest BCUT2D eigenvalue weighted by Gasteiger charge is -2.07. The van der Waals surface area contributed by atoms with E-state index in [0.717, 1.165) is 34.6 Å². The van der Waals surface area contributed by atoms with Crippen LogP contribution in [-0.4, -0.2) is 20.7 Å². The first-order valence-corrected chi connectivity index (χ1v) is 10.6. The molecule has 0 bridgehead atoms. The highest BCUT2D eigenvalue weighted by atomic mass is 19.1. The third-order valence-corrected chi connectivity index (χ3v) is 5.48. The number of benzene rings is 2. The molecule has 0 unspecified atom stereocenters. The summed E-state index contributed by atoms with van der Waals surface area (Å²) in [7, 11) is 0. The molecule has 0 aliphatic rings. The van der Waals surface area contributed by atoms with Gasteiger partial charge >= 0.3 is 0 Å². The number of nitrogens with zero attached hydrogens (tertiary/aromatic N) is 3. The van der Waals surface area contributed by atoms with Gasteiger partial charge in [-0.05, 0) is 31.5 Å². The van der Waals surface area contributed by atoms with Crippen molar-refractivity contribution in [3.63, 3.8) is 0 Å². The van der Waals surface area contributed by atoms with E-state index < -0.39 is 11.6 Å². The van der Waals surface area contributed by atoms with Crippen molar-refractivity contribution in [2.24, 2.45) is 0 Å². The van der Waals surface area contributed by atoms with Crippen molar-refractivity contribution < 1.29 is 18.0 Å². The summed E-state index contributed by atoms with van der Waals surface area (Å²) in [5, 5.41) is 7.53. The van der Waals surface area contributed by atoms with Gasteiger partial charge in [-0.25, -0.2) is 13.8 Å². The summed E-state index contributed by atoms with van der Waals surface area (Å²) < 4.78 is 34.5. The molecule has 0 radical (unpaired) electrons. The van der Waals surface area contributed by atoms with Crippen LogP contribution in [0.25, 0.3) is 11.3 Å². The minimum absolute atomic E-state index is 0.123. The second kappa shape index (κ2) is 9.77. The number of amides is 1. The molecular formula is C25H24F2N4O2. The van der Waals surface area contributed by atoms with Crippen molar-refractivity contribution in [3.05, 3.63) is 94.8 Å². The Hall–Kier alpha value is -3.81. The van der Waals surface area contributed by atoms with E-state index in [1.807, 2.05) is 36.7 Å². The molecule has 4 aromatic rings. The highest BCUT2D eigenvalue weighted by molar-refractivity contribution is 5.76. The molecule has 0 spiro atoms. The van der Waals surface area contributed by atoms with E-state index in [1.165, 1.54) is 12.3 Å². The predicted octanol–water partition coefficient (Wildman–Crippen LogP) is 4.73. The Morgan fingerprint density at radius 1 is 1.12 bits per heavy atom. The van der Waals surface area contributed by atoms with Crippen molar-refractivity contribution in [2.75, 3.05) is 0 Å². The van der Waals surface area contributed by atoms with Gasteiger partial charge in [-0.1, -0.05) is 30.3 Å². The monoisotopic (exact) mass is 450 g/mol. The number of rotatable bonds is 8. The van der Waals surface area contributed by atoms with Gasteiger partial charge in [0.15, 0.2) is 11.7 Å². The number of nitrogens with one attached hydrogen (secondary N) is 1. The average Bonchev–Trinajstić information content (AvgIpc) is 3.36. The van der Waals surface area contributed by atoms with Crippen molar-refractivity contribution >= 4 is 5.91 Å². The molecule has 8 heteroatoms. The Labute approximate surface area is 190 Å². The molecule has 0 saturated carbocycles. The molecule has 2 aromatic carbocycles. The normalized spacial score (nSPS) is 11.0. The average molecular weight is 450 g/mol. The van der Waals surface area contributed by atoms with Crippen molar-refractivity contribution in [2.45, 2.75) is 39.8 Å². The van der Waals surface area contributed by atoms with Crippen molar-refractivity contribution in [3.8, 4) is 11.3 Å². The van der Waals surface area contributed by atoms with Gasteiger partial charge in [0.1, 0.15) is 11.6 Å². The van der Waals surface area contributed by atoms with Crippen molar-refractivity contribution in [1.29, 1.82) is 0 Å². The molecule has 0 aliphatic carbocycles. The molecule has 2 aromatic heterocycles. The number of carbonyl (C=O) groups is 1. The van der Waals surface area contributed by atoms with Crippen LogP contribution in [0.15, 0.2) is 59.1 Å². The van der Waals surface area contributed by atoms with Gasteiger partial charge in [0.05, 0.1) is 24.0 Å². The summed E-state index contributed by atoms with van der Waals surface area (Å²) in [5.41, 5.74) is 4.16.